The van der Waals surface area contributed by atoms with Gasteiger partial charge in [0, 0.05) is 12.6 Å². The highest BCUT2D eigenvalue weighted by atomic mass is 16.1. The monoisotopic (exact) mass is 324 g/mol. The predicted octanol–water partition coefficient (Wildman–Crippen LogP) is 1.69. The van der Waals surface area contributed by atoms with Crippen LogP contribution in [0.15, 0.2) is 30.5 Å². The van der Waals surface area contributed by atoms with Crippen molar-refractivity contribution < 1.29 is 4.79 Å². The molecule has 0 radical (unpaired) electrons. The molecule has 0 saturated carbocycles. The Morgan fingerprint density at radius 3 is 2.92 bits per heavy atom. The summed E-state index contributed by atoms with van der Waals surface area (Å²) in [5.74, 6) is 0.179. The summed E-state index contributed by atoms with van der Waals surface area (Å²) < 4.78 is 1.94. The molecule has 24 heavy (non-hydrogen) atoms. The van der Waals surface area contributed by atoms with Crippen molar-refractivity contribution in [2.24, 2.45) is 11.7 Å². The van der Waals surface area contributed by atoms with Crippen molar-refractivity contribution in [3.05, 3.63) is 52.8 Å². The van der Waals surface area contributed by atoms with Gasteiger partial charge in [0.1, 0.15) is 0 Å². The van der Waals surface area contributed by atoms with Crippen LogP contribution in [-0.2, 0) is 25.8 Å². The minimum Gasteiger partial charge on any atom is -0.365 e. The van der Waals surface area contributed by atoms with E-state index in [0.717, 1.165) is 44.5 Å². The van der Waals surface area contributed by atoms with Crippen molar-refractivity contribution >= 4 is 5.91 Å². The Hall–Kier alpha value is -2.14. The number of rotatable bonds is 4. The van der Waals surface area contributed by atoms with Crippen molar-refractivity contribution in [3.8, 4) is 0 Å². The van der Waals surface area contributed by atoms with Gasteiger partial charge in [-0.3, -0.25) is 9.48 Å². The number of nitrogens with two attached hydrogens (primary N) is 1. The SMILES string of the molecule is NC(=O)c1cnn2c1CC(CNC1CCc3ccccc3C1)CC2. The molecule has 2 atom stereocenters. The van der Waals surface area contributed by atoms with Gasteiger partial charge in [-0.1, -0.05) is 24.3 Å². The molecule has 1 aliphatic carbocycles. The largest absolute Gasteiger partial charge is 0.365 e. The highest BCUT2D eigenvalue weighted by Crippen LogP contribution is 2.24. The maximum Gasteiger partial charge on any atom is 0.252 e. The molecule has 2 heterocycles. The molecule has 5 heteroatoms. The number of aryl methyl sites for hydroxylation is 2. The quantitative estimate of drug-likeness (QED) is 0.899. The first kappa shape index (κ1) is 15.4. The van der Waals surface area contributed by atoms with E-state index in [0.29, 0.717) is 17.5 Å². The molecule has 1 aliphatic heterocycles. The highest BCUT2D eigenvalue weighted by Gasteiger charge is 2.25. The number of aromatic nitrogens is 2. The Morgan fingerprint density at radius 1 is 1.25 bits per heavy atom. The Labute approximate surface area is 142 Å². The Bertz CT molecular complexity index is 752. The molecule has 2 aromatic rings. The van der Waals surface area contributed by atoms with Crippen LogP contribution < -0.4 is 11.1 Å². The van der Waals surface area contributed by atoms with Gasteiger partial charge in [0.2, 0.25) is 0 Å². The molecule has 4 rings (SSSR count). The third-order valence-corrected chi connectivity index (χ3v) is 5.49. The smallest absolute Gasteiger partial charge is 0.252 e. The van der Waals surface area contributed by atoms with Gasteiger partial charge in [0.15, 0.2) is 0 Å². The zero-order chi connectivity index (χ0) is 16.5. The van der Waals surface area contributed by atoms with Crippen LogP contribution in [0, 0.1) is 5.92 Å². The van der Waals surface area contributed by atoms with E-state index in [9.17, 15) is 4.79 Å². The van der Waals surface area contributed by atoms with E-state index >= 15 is 0 Å². The number of nitrogens with one attached hydrogen (secondary N) is 1. The summed E-state index contributed by atoms with van der Waals surface area (Å²) in [6, 6.07) is 9.33. The van der Waals surface area contributed by atoms with Gasteiger partial charge < -0.3 is 11.1 Å². The number of fused-ring (bicyclic) bond motifs is 2. The number of hydrogen-bond acceptors (Lipinski definition) is 3. The third-order valence-electron chi connectivity index (χ3n) is 5.49. The summed E-state index contributed by atoms with van der Waals surface area (Å²) >= 11 is 0. The lowest BCUT2D eigenvalue weighted by Gasteiger charge is -2.29. The number of carbonyl (C=O) groups is 1. The molecule has 0 saturated heterocycles. The molecule has 2 aliphatic rings. The van der Waals surface area contributed by atoms with Gasteiger partial charge in [-0.25, -0.2) is 0 Å². The van der Waals surface area contributed by atoms with Gasteiger partial charge in [0.25, 0.3) is 5.91 Å². The molecule has 1 amide bonds. The molecule has 1 aromatic heterocycles. The second kappa shape index (κ2) is 6.40. The summed E-state index contributed by atoms with van der Waals surface area (Å²) in [6.07, 6.45) is 7.09. The number of nitrogens with zero attached hydrogens (tertiary/aromatic N) is 2. The van der Waals surface area contributed by atoms with Crippen molar-refractivity contribution in [1.82, 2.24) is 15.1 Å². The fourth-order valence-electron chi connectivity index (χ4n) is 4.08. The molecule has 1 aromatic carbocycles. The average Bonchev–Trinajstić information content (AvgIpc) is 3.03. The Morgan fingerprint density at radius 2 is 2.08 bits per heavy atom. The van der Waals surface area contributed by atoms with Gasteiger partial charge in [0.05, 0.1) is 17.5 Å². The summed E-state index contributed by atoms with van der Waals surface area (Å²) in [5, 5.41) is 8.04. The van der Waals surface area contributed by atoms with Gasteiger partial charge >= 0.3 is 0 Å². The number of amides is 1. The average molecular weight is 324 g/mol. The highest BCUT2D eigenvalue weighted by molar-refractivity contribution is 5.93. The van der Waals surface area contributed by atoms with Gasteiger partial charge in [-0.05, 0) is 55.7 Å². The van der Waals surface area contributed by atoms with E-state index in [4.69, 9.17) is 5.73 Å². The second-order valence-electron chi connectivity index (χ2n) is 7.07. The predicted molar refractivity (Wildman–Crippen MR) is 92.8 cm³/mol. The van der Waals surface area contributed by atoms with E-state index < -0.39 is 0 Å². The fraction of sp³-hybridized carbons (Fsp3) is 0.474. The fourth-order valence-corrected chi connectivity index (χ4v) is 4.08. The van der Waals surface area contributed by atoms with Crippen molar-refractivity contribution in [2.75, 3.05) is 6.54 Å². The number of primary amides is 1. The number of benzene rings is 1. The lowest BCUT2D eigenvalue weighted by Crippen LogP contribution is -2.39. The number of hydrogen-bond donors (Lipinski definition) is 2. The summed E-state index contributed by atoms with van der Waals surface area (Å²) in [5.41, 5.74) is 10.0. The molecule has 5 nitrogen and oxygen atoms in total. The van der Waals surface area contributed by atoms with Crippen LogP contribution >= 0.6 is 0 Å². The van der Waals surface area contributed by atoms with E-state index in [1.165, 1.54) is 17.5 Å². The molecular formula is C19H24N4O. The molecule has 3 N–H and O–H groups in total. The van der Waals surface area contributed by atoms with E-state index in [1.807, 2.05) is 4.68 Å². The maximum absolute atomic E-state index is 11.5. The normalized spacial score (nSPS) is 22.7. The minimum atomic E-state index is -0.367. The zero-order valence-corrected chi connectivity index (χ0v) is 13.9. The summed E-state index contributed by atoms with van der Waals surface area (Å²) in [4.78, 5) is 11.5. The Balaban J connectivity index is 1.36. The lowest BCUT2D eigenvalue weighted by atomic mass is 9.87. The minimum absolute atomic E-state index is 0.367. The molecule has 0 spiro atoms. The first-order valence-corrected chi connectivity index (χ1v) is 8.85. The zero-order valence-electron chi connectivity index (χ0n) is 13.9. The van der Waals surface area contributed by atoms with Crippen LogP contribution in [0.4, 0.5) is 0 Å². The second-order valence-corrected chi connectivity index (χ2v) is 7.07. The van der Waals surface area contributed by atoms with E-state index in [1.54, 1.807) is 6.20 Å². The van der Waals surface area contributed by atoms with Gasteiger partial charge in [-0.2, -0.15) is 5.10 Å². The van der Waals surface area contributed by atoms with Crippen molar-refractivity contribution in [2.45, 2.75) is 44.7 Å². The lowest BCUT2D eigenvalue weighted by molar-refractivity contribution is 0.0998. The third kappa shape index (κ3) is 2.96. The first-order valence-electron chi connectivity index (χ1n) is 8.85. The molecule has 126 valence electrons. The van der Waals surface area contributed by atoms with Crippen LogP contribution in [-0.4, -0.2) is 28.3 Å². The van der Waals surface area contributed by atoms with Crippen LogP contribution in [0.25, 0.3) is 0 Å². The van der Waals surface area contributed by atoms with Crippen molar-refractivity contribution in [3.63, 3.8) is 0 Å². The van der Waals surface area contributed by atoms with E-state index in [-0.39, 0.29) is 5.91 Å². The maximum atomic E-state index is 11.5. The number of carbonyl (C=O) groups excluding carboxylic acids is 1. The van der Waals surface area contributed by atoms with E-state index in [2.05, 4.69) is 34.7 Å². The first-order chi connectivity index (χ1) is 11.7. The van der Waals surface area contributed by atoms with Gasteiger partial charge in [-0.15, -0.1) is 0 Å². The Kier molecular flexibility index (Phi) is 4.10. The standard InChI is InChI=1S/C19H24N4O/c20-19(24)17-12-22-23-8-7-13(9-18(17)23)11-21-16-6-5-14-3-1-2-4-15(14)10-16/h1-4,12-13,16,21H,5-11H2,(H2,20,24). The molecule has 0 fully saturated rings. The molecular weight excluding hydrogens is 300 g/mol. The molecule has 2 unspecified atom stereocenters. The van der Waals surface area contributed by atoms with Crippen LogP contribution in [0.2, 0.25) is 0 Å². The topological polar surface area (TPSA) is 72.9 Å². The summed E-state index contributed by atoms with van der Waals surface area (Å²) in [7, 11) is 0. The summed E-state index contributed by atoms with van der Waals surface area (Å²) in [6.45, 7) is 1.87. The molecule has 0 bridgehead atoms. The van der Waals surface area contributed by atoms with Crippen LogP contribution in [0.3, 0.4) is 0 Å². The van der Waals surface area contributed by atoms with Crippen LogP contribution in [0.1, 0.15) is 40.0 Å². The van der Waals surface area contributed by atoms with Crippen molar-refractivity contribution in [1.29, 1.82) is 0 Å². The van der Waals surface area contributed by atoms with Crippen LogP contribution in [0.5, 0.6) is 0 Å².